The SMILES string of the molecule is O=C(O)CCNc1cc(N2CCc3ccccc3C2)nc(-c2ccccn2)n1. The van der Waals surface area contributed by atoms with Gasteiger partial charge in [-0.3, -0.25) is 9.78 Å². The normalized spacial score (nSPS) is 13.1. The van der Waals surface area contributed by atoms with Gasteiger partial charge in [0.05, 0.1) is 6.42 Å². The van der Waals surface area contributed by atoms with E-state index in [0.717, 1.165) is 25.3 Å². The van der Waals surface area contributed by atoms with Gasteiger partial charge in [0.25, 0.3) is 0 Å². The van der Waals surface area contributed by atoms with Crippen molar-refractivity contribution in [1.29, 1.82) is 0 Å². The molecule has 0 atom stereocenters. The van der Waals surface area contributed by atoms with Crippen molar-refractivity contribution in [2.24, 2.45) is 0 Å². The molecule has 0 spiro atoms. The molecule has 1 aliphatic heterocycles. The second-order valence-corrected chi connectivity index (χ2v) is 6.66. The summed E-state index contributed by atoms with van der Waals surface area (Å²) in [5.41, 5.74) is 3.35. The van der Waals surface area contributed by atoms with Crippen molar-refractivity contribution in [2.45, 2.75) is 19.4 Å². The summed E-state index contributed by atoms with van der Waals surface area (Å²) in [4.78, 5) is 26.7. The predicted octanol–water partition coefficient (Wildman–Crippen LogP) is 2.99. The summed E-state index contributed by atoms with van der Waals surface area (Å²) in [6.07, 6.45) is 2.69. The molecule has 0 saturated carbocycles. The van der Waals surface area contributed by atoms with Crippen LogP contribution in [0.2, 0.25) is 0 Å². The molecule has 2 N–H and O–H groups in total. The fourth-order valence-electron chi connectivity index (χ4n) is 3.29. The second kappa shape index (κ2) is 8.04. The van der Waals surface area contributed by atoms with E-state index in [0.29, 0.717) is 23.9 Å². The lowest BCUT2D eigenvalue weighted by atomic mass is 10.00. The highest BCUT2D eigenvalue weighted by Crippen LogP contribution is 2.26. The summed E-state index contributed by atoms with van der Waals surface area (Å²) in [5, 5.41) is 12.0. The maximum atomic E-state index is 10.8. The molecule has 0 fully saturated rings. The standard InChI is InChI=1S/C21H21N5O2/c27-20(28)8-11-23-18-13-19(25-21(24-18)17-7-3-4-10-22-17)26-12-9-15-5-1-2-6-16(15)14-26/h1-7,10,13H,8-9,11-12,14H2,(H,27,28)(H,23,24,25). The summed E-state index contributed by atoms with van der Waals surface area (Å²) in [5.74, 6) is 1.09. The highest BCUT2D eigenvalue weighted by molar-refractivity contribution is 5.67. The Morgan fingerprint density at radius 1 is 1.11 bits per heavy atom. The van der Waals surface area contributed by atoms with Crippen LogP contribution in [-0.4, -0.2) is 39.1 Å². The first kappa shape index (κ1) is 17.9. The van der Waals surface area contributed by atoms with Crippen LogP contribution in [0.5, 0.6) is 0 Å². The third-order valence-corrected chi connectivity index (χ3v) is 4.71. The van der Waals surface area contributed by atoms with Crippen molar-refractivity contribution in [1.82, 2.24) is 15.0 Å². The summed E-state index contributed by atoms with van der Waals surface area (Å²) in [6, 6.07) is 15.9. The number of rotatable bonds is 6. The lowest BCUT2D eigenvalue weighted by molar-refractivity contribution is -0.136. The molecule has 7 heteroatoms. The van der Waals surface area contributed by atoms with Crippen LogP contribution < -0.4 is 10.2 Å². The Bertz CT molecular complexity index is 978. The van der Waals surface area contributed by atoms with E-state index in [1.54, 1.807) is 6.20 Å². The largest absolute Gasteiger partial charge is 0.481 e. The molecule has 2 aromatic heterocycles. The molecule has 0 radical (unpaired) electrons. The quantitative estimate of drug-likeness (QED) is 0.684. The van der Waals surface area contributed by atoms with Gasteiger partial charge in [-0.15, -0.1) is 0 Å². The van der Waals surface area contributed by atoms with Gasteiger partial charge in [-0.25, -0.2) is 9.97 Å². The Balaban J connectivity index is 1.65. The minimum atomic E-state index is -0.848. The van der Waals surface area contributed by atoms with E-state index in [2.05, 4.69) is 44.5 Å². The fourth-order valence-corrected chi connectivity index (χ4v) is 3.29. The van der Waals surface area contributed by atoms with Gasteiger partial charge in [0, 0.05) is 31.9 Å². The van der Waals surface area contributed by atoms with E-state index in [4.69, 9.17) is 10.1 Å². The van der Waals surface area contributed by atoms with Gasteiger partial charge in [-0.2, -0.15) is 0 Å². The molecule has 1 aromatic carbocycles. The highest BCUT2D eigenvalue weighted by Gasteiger charge is 2.19. The predicted molar refractivity (Wildman–Crippen MR) is 107 cm³/mol. The number of aliphatic carboxylic acids is 1. The first-order chi connectivity index (χ1) is 13.7. The number of hydrogen-bond acceptors (Lipinski definition) is 6. The van der Waals surface area contributed by atoms with Gasteiger partial charge in [0.15, 0.2) is 5.82 Å². The molecule has 3 heterocycles. The summed E-state index contributed by atoms with van der Waals surface area (Å²) < 4.78 is 0. The second-order valence-electron chi connectivity index (χ2n) is 6.66. The molecule has 28 heavy (non-hydrogen) atoms. The lowest BCUT2D eigenvalue weighted by Gasteiger charge is -2.30. The van der Waals surface area contributed by atoms with Crippen molar-refractivity contribution in [3.63, 3.8) is 0 Å². The van der Waals surface area contributed by atoms with Crippen LogP contribution in [0.3, 0.4) is 0 Å². The molecule has 0 unspecified atom stereocenters. The molecule has 3 aromatic rings. The number of benzene rings is 1. The monoisotopic (exact) mass is 375 g/mol. The Morgan fingerprint density at radius 2 is 1.93 bits per heavy atom. The van der Waals surface area contributed by atoms with Crippen LogP contribution in [0.15, 0.2) is 54.7 Å². The summed E-state index contributed by atoms with van der Waals surface area (Å²) in [6.45, 7) is 1.95. The van der Waals surface area contributed by atoms with Crippen LogP contribution in [0.4, 0.5) is 11.6 Å². The van der Waals surface area contributed by atoms with Crippen LogP contribution in [0.1, 0.15) is 17.5 Å². The number of nitrogens with one attached hydrogen (secondary N) is 1. The first-order valence-corrected chi connectivity index (χ1v) is 9.27. The van der Waals surface area contributed by atoms with E-state index in [1.165, 1.54) is 11.1 Å². The lowest BCUT2D eigenvalue weighted by Crippen LogP contribution is -2.31. The average molecular weight is 375 g/mol. The molecular weight excluding hydrogens is 354 g/mol. The van der Waals surface area contributed by atoms with Crippen LogP contribution in [0.25, 0.3) is 11.5 Å². The Morgan fingerprint density at radius 3 is 2.71 bits per heavy atom. The smallest absolute Gasteiger partial charge is 0.305 e. The van der Waals surface area contributed by atoms with E-state index < -0.39 is 5.97 Å². The van der Waals surface area contributed by atoms with Gasteiger partial charge in [-0.1, -0.05) is 30.3 Å². The summed E-state index contributed by atoms with van der Waals surface area (Å²) in [7, 11) is 0. The van der Waals surface area contributed by atoms with Crippen LogP contribution >= 0.6 is 0 Å². The zero-order chi connectivity index (χ0) is 19.3. The Kier molecular flexibility index (Phi) is 5.14. The van der Waals surface area contributed by atoms with Crippen molar-refractivity contribution in [2.75, 3.05) is 23.3 Å². The van der Waals surface area contributed by atoms with Crippen LogP contribution in [-0.2, 0) is 17.8 Å². The Hall–Kier alpha value is -3.48. The van der Waals surface area contributed by atoms with E-state index in [9.17, 15) is 4.79 Å². The number of carbonyl (C=O) groups is 1. The van der Waals surface area contributed by atoms with Gasteiger partial charge in [0.1, 0.15) is 17.3 Å². The van der Waals surface area contributed by atoms with E-state index in [1.807, 2.05) is 24.3 Å². The summed E-state index contributed by atoms with van der Waals surface area (Å²) >= 11 is 0. The van der Waals surface area contributed by atoms with Crippen molar-refractivity contribution < 1.29 is 9.90 Å². The molecule has 0 amide bonds. The highest BCUT2D eigenvalue weighted by atomic mass is 16.4. The maximum Gasteiger partial charge on any atom is 0.305 e. The maximum absolute atomic E-state index is 10.8. The van der Waals surface area contributed by atoms with Crippen molar-refractivity contribution >= 4 is 17.6 Å². The average Bonchev–Trinajstić information content (AvgIpc) is 2.73. The van der Waals surface area contributed by atoms with Crippen LogP contribution in [0, 0.1) is 0 Å². The molecule has 0 saturated heterocycles. The number of aromatic nitrogens is 3. The minimum Gasteiger partial charge on any atom is -0.481 e. The number of hydrogen-bond donors (Lipinski definition) is 2. The fraction of sp³-hybridized carbons (Fsp3) is 0.238. The number of carboxylic acid groups (broad SMARTS) is 1. The van der Waals surface area contributed by atoms with Gasteiger partial charge in [-0.05, 0) is 29.7 Å². The molecule has 4 rings (SSSR count). The third kappa shape index (κ3) is 4.09. The van der Waals surface area contributed by atoms with Crippen molar-refractivity contribution in [3.05, 3.63) is 65.9 Å². The molecule has 7 nitrogen and oxygen atoms in total. The van der Waals surface area contributed by atoms with Gasteiger partial charge < -0.3 is 15.3 Å². The van der Waals surface area contributed by atoms with Crippen molar-refractivity contribution in [3.8, 4) is 11.5 Å². The van der Waals surface area contributed by atoms with Gasteiger partial charge in [0.2, 0.25) is 0 Å². The number of pyridine rings is 1. The number of carboxylic acids is 1. The number of anilines is 2. The first-order valence-electron chi connectivity index (χ1n) is 9.27. The zero-order valence-electron chi connectivity index (χ0n) is 15.4. The third-order valence-electron chi connectivity index (χ3n) is 4.71. The molecule has 142 valence electrons. The minimum absolute atomic E-state index is 0.0232. The zero-order valence-corrected chi connectivity index (χ0v) is 15.4. The van der Waals surface area contributed by atoms with E-state index >= 15 is 0 Å². The molecule has 0 bridgehead atoms. The number of fused-ring (bicyclic) bond motifs is 1. The Labute approximate surface area is 163 Å². The number of nitrogens with zero attached hydrogens (tertiary/aromatic N) is 4. The molecule has 1 aliphatic rings. The molecular formula is C21H21N5O2. The molecule has 0 aliphatic carbocycles. The van der Waals surface area contributed by atoms with E-state index in [-0.39, 0.29) is 6.42 Å². The topological polar surface area (TPSA) is 91.2 Å². The van der Waals surface area contributed by atoms with Gasteiger partial charge >= 0.3 is 5.97 Å².